The van der Waals surface area contributed by atoms with Crippen LogP contribution in [0.15, 0.2) is 47.1 Å². The predicted molar refractivity (Wildman–Crippen MR) is 75.2 cm³/mol. The molecule has 1 aromatic carbocycles. The van der Waals surface area contributed by atoms with Crippen LogP contribution in [0.5, 0.6) is 0 Å². The number of nitrogens with zero attached hydrogens (tertiary/aromatic N) is 1. The van der Waals surface area contributed by atoms with Crippen molar-refractivity contribution in [2.24, 2.45) is 0 Å². The average molecular weight is 291 g/mol. The molecule has 0 saturated carbocycles. The SMILES string of the molecule is Cc1ncccc1NC(C)c1ccccc1Br. The molecule has 0 aliphatic rings. The number of pyridine rings is 1. The molecule has 2 rings (SSSR count). The molecule has 0 radical (unpaired) electrons. The normalized spacial score (nSPS) is 12.2. The van der Waals surface area contributed by atoms with Gasteiger partial charge in [-0.25, -0.2) is 0 Å². The summed E-state index contributed by atoms with van der Waals surface area (Å²) >= 11 is 3.57. The maximum Gasteiger partial charge on any atom is 0.0603 e. The van der Waals surface area contributed by atoms with Gasteiger partial charge in [0.1, 0.15) is 0 Å². The summed E-state index contributed by atoms with van der Waals surface area (Å²) < 4.78 is 1.13. The zero-order valence-electron chi connectivity index (χ0n) is 9.94. The smallest absolute Gasteiger partial charge is 0.0603 e. The highest BCUT2D eigenvalue weighted by atomic mass is 79.9. The van der Waals surface area contributed by atoms with Gasteiger partial charge in [0.15, 0.2) is 0 Å². The first-order valence-corrected chi connectivity index (χ1v) is 6.40. The Hall–Kier alpha value is -1.35. The summed E-state index contributed by atoms with van der Waals surface area (Å²) in [6, 6.07) is 12.5. The number of nitrogens with one attached hydrogen (secondary N) is 1. The molecule has 0 saturated heterocycles. The van der Waals surface area contributed by atoms with Crippen molar-refractivity contribution < 1.29 is 0 Å². The number of benzene rings is 1. The van der Waals surface area contributed by atoms with Crippen molar-refractivity contribution in [2.75, 3.05) is 5.32 Å². The summed E-state index contributed by atoms with van der Waals surface area (Å²) in [5.74, 6) is 0. The van der Waals surface area contributed by atoms with Crippen LogP contribution < -0.4 is 5.32 Å². The van der Waals surface area contributed by atoms with Crippen LogP contribution in [-0.4, -0.2) is 4.98 Å². The Morgan fingerprint density at radius 3 is 2.65 bits per heavy atom. The van der Waals surface area contributed by atoms with Crippen LogP contribution in [-0.2, 0) is 0 Å². The largest absolute Gasteiger partial charge is 0.377 e. The van der Waals surface area contributed by atoms with Gasteiger partial charge in [-0.3, -0.25) is 4.98 Å². The molecule has 0 fully saturated rings. The van der Waals surface area contributed by atoms with Gasteiger partial charge in [0, 0.05) is 16.7 Å². The molecule has 2 aromatic rings. The number of rotatable bonds is 3. The standard InChI is InChI=1S/C14H15BrN2/c1-10(12-6-3-4-7-13(12)15)17-14-8-5-9-16-11(14)2/h3-10,17H,1-2H3. The number of halogens is 1. The highest BCUT2D eigenvalue weighted by molar-refractivity contribution is 9.10. The molecule has 1 aromatic heterocycles. The van der Waals surface area contributed by atoms with Gasteiger partial charge in [-0.05, 0) is 37.6 Å². The molecule has 3 heteroatoms. The van der Waals surface area contributed by atoms with Crippen molar-refractivity contribution in [2.45, 2.75) is 19.9 Å². The van der Waals surface area contributed by atoms with Crippen LogP contribution in [0.3, 0.4) is 0 Å². The van der Waals surface area contributed by atoms with E-state index >= 15 is 0 Å². The van der Waals surface area contributed by atoms with E-state index in [0.717, 1.165) is 15.9 Å². The van der Waals surface area contributed by atoms with Gasteiger partial charge in [-0.2, -0.15) is 0 Å². The Morgan fingerprint density at radius 2 is 1.94 bits per heavy atom. The van der Waals surface area contributed by atoms with Crippen molar-refractivity contribution in [3.05, 3.63) is 58.3 Å². The van der Waals surface area contributed by atoms with Crippen LogP contribution in [0.1, 0.15) is 24.2 Å². The Kier molecular flexibility index (Phi) is 3.79. The Balaban J connectivity index is 2.20. The lowest BCUT2D eigenvalue weighted by molar-refractivity contribution is 0.873. The molecule has 88 valence electrons. The molecule has 1 heterocycles. The molecule has 0 aliphatic heterocycles. The molecule has 1 unspecified atom stereocenters. The molecule has 0 aliphatic carbocycles. The second-order valence-electron chi connectivity index (χ2n) is 4.02. The lowest BCUT2D eigenvalue weighted by Crippen LogP contribution is -2.08. The summed E-state index contributed by atoms with van der Waals surface area (Å²) in [6.07, 6.45) is 1.81. The number of aryl methyl sites for hydroxylation is 1. The van der Waals surface area contributed by atoms with Crippen molar-refractivity contribution >= 4 is 21.6 Å². The Labute approximate surface area is 110 Å². The highest BCUT2D eigenvalue weighted by Crippen LogP contribution is 2.26. The first-order chi connectivity index (χ1) is 8.18. The molecular weight excluding hydrogens is 276 g/mol. The van der Waals surface area contributed by atoms with Crippen LogP contribution >= 0.6 is 15.9 Å². The fourth-order valence-corrected chi connectivity index (χ4v) is 2.40. The third kappa shape index (κ3) is 2.86. The summed E-state index contributed by atoms with van der Waals surface area (Å²) in [7, 11) is 0. The highest BCUT2D eigenvalue weighted by Gasteiger charge is 2.09. The summed E-state index contributed by atoms with van der Waals surface area (Å²) in [5, 5.41) is 3.47. The van der Waals surface area contributed by atoms with E-state index in [0.29, 0.717) is 0 Å². The van der Waals surface area contributed by atoms with Crippen LogP contribution in [0.4, 0.5) is 5.69 Å². The summed E-state index contributed by atoms with van der Waals surface area (Å²) in [4.78, 5) is 4.27. The monoisotopic (exact) mass is 290 g/mol. The molecule has 1 N–H and O–H groups in total. The molecular formula is C14H15BrN2. The first-order valence-electron chi connectivity index (χ1n) is 5.61. The zero-order valence-corrected chi connectivity index (χ0v) is 11.5. The van der Waals surface area contributed by atoms with Gasteiger partial charge in [0.05, 0.1) is 11.4 Å². The van der Waals surface area contributed by atoms with E-state index in [2.05, 4.69) is 51.4 Å². The van der Waals surface area contributed by atoms with E-state index in [1.165, 1.54) is 5.56 Å². The number of hydrogen-bond donors (Lipinski definition) is 1. The third-order valence-corrected chi connectivity index (χ3v) is 3.47. The number of anilines is 1. The van der Waals surface area contributed by atoms with E-state index in [-0.39, 0.29) is 6.04 Å². The number of aromatic nitrogens is 1. The second kappa shape index (κ2) is 5.32. The minimum atomic E-state index is 0.244. The second-order valence-corrected chi connectivity index (χ2v) is 4.88. The minimum Gasteiger partial charge on any atom is -0.377 e. The molecule has 0 spiro atoms. The summed E-state index contributed by atoms with van der Waals surface area (Å²) in [5.41, 5.74) is 3.35. The van der Waals surface area contributed by atoms with Gasteiger partial charge < -0.3 is 5.32 Å². The maximum atomic E-state index is 4.27. The first kappa shape index (κ1) is 12.1. The van der Waals surface area contributed by atoms with Gasteiger partial charge in [-0.15, -0.1) is 0 Å². The molecule has 0 amide bonds. The minimum absolute atomic E-state index is 0.244. The van der Waals surface area contributed by atoms with E-state index in [9.17, 15) is 0 Å². The zero-order chi connectivity index (χ0) is 12.3. The van der Waals surface area contributed by atoms with Crippen molar-refractivity contribution in [3.63, 3.8) is 0 Å². The fourth-order valence-electron chi connectivity index (χ4n) is 1.77. The number of hydrogen-bond acceptors (Lipinski definition) is 2. The fraction of sp³-hybridized carbons (Fsp3) is 0.214. The Bertz CT molecular complexity index is 511. The topological polar surface area (TPSA) is 24.9 Å². The van der Waals surface area contributed by atoms with Crippen molar-refractivity contribution in [3.8, 4) is 0 Å². The van der Waals surface area contributed by atoms with Crippen LogP contribution in [0.2, 0.25) is 0 Å². The van der Waals surface area contributed by atoms with Crippen LogP contribution in [0.25, 0.3) is 0 Å². The molecule has 17 heavy (non-hydrogen) atoms. The Morgan fingerprint density at radius 1 is 1.18 bits per heavy atom. The van der Waals surface area contributed by atoms with E-state index < -0.39 is 0 Å². The van der Waals surface area contributed by atoms with Gasteiger partial charge in [0.25, 0.3) is 0 Å². The van der Waals surface area contributed by atoms with Crippen molar-refractivity contribution in [1.29, 1.82) is 0 Å². The molecule has 1 atom stereocenters. The lowest BCUT2D eigenvalue weighted by Gasteiger charge is -2.18. The van der Waals surface area contributed by atoms with Crippen molar-refractivity contribution in [1.82, 2.24) is 4.98 Å². The van der Waals surface area contributed by atoms with Gasteiger partial charge in [-0.1, -0.05) is 34.1 Å². The lowest BCUT2D eigenvalue weighted by atomic mass is 10.1. The van der Waals surface area contributed by atoms with E-state index in [4.69, 9.17) is 0 Å². The molecule has 0 bridgehead atoms. The predicted octanol–water partition coefficient (Wildman–Crippen LogP) is 4.33. The van der Waals surface area contributed by atoms with Gasteiger partial charge in [0.2, 0.25) is 0 Å². The average Bonchev–Trinajstić information content (AvgIpc) is 2.32. The van der Waals surface area contributed by atoms with E-state index in [1.807, 2.05) is 31.3 Å². The van der Waals surface area contributed by atoms with Gasteiger partial charge >= 0.3 is 0 Å². The van der Waals surface area contributed by atoms with Crippen LogP contribution in [0, 0.1) is 6.92 Å². The van der Waals surface area contributed by atoms with E-state index in [1.54, 1.807) is 0 Å². The third-order valence-electron chi connectivity index (χ3n) is 2.75. The molecule has 2 nitrogen and oxygen atoms in total. The summed E-state index contributed by atoms with van der Waals surface area (Å²) in [6.45, 7) is 4.15. The maximum absolute atomic E-state index is 4.27. The quantitative estimate of drug-likeness (QED) is 0.910.